The summed E-state index contributed by atoms with van der Waals surface area (Å²) in [6.07, 6.45) is 2.81. The standard InChI is InChI=1S/C7H11NOSi/c8-4-2-6-10-7-3-1-5-9-7/h1,3,5H,2,4,6,8H2. The van der Waals surface area contributed by atoms with Crippen LogP contribution >= 0.6 is 0 Å². The molecule has 1 rings (SSSR count). The second-order valence-electron chi connectivity index (χ2n) is 2.05. The van der Waals surface area contributed by atoms with Crippen molar-refractivity contribution in [3.05, 3.63) is 18.4 Å². The van der Waals surface area contributed by atoms with Gasteiger partial charge in [-0.2, -0.15) is 0 Å². The average molecular weight is 153 g/mol. The summed E-state index contributed by atoms with van der Waals surface area (Å²) in [6, 6.07) is 5.09. The average Bonchev–Trinajstić information content (AvgIpc) is 2.41. The third-order valence-corrected chi connectivity index (χ3v) is 2.44. The molecule has 0 aliphatic heterocycles. The fourth-order valence-corrected chi connectivity index (χ4v) is 1.69. The molecule has 0 fully saturated rings. The van der Waals surface area contributed by atoms with Crippen molar-refractivity contribution in [3.63, 3.8) is 0 Å². The molecule has 2 nitrogen and oxygen atoms in total. The second-order valence-corrected chi connectivity index (χ2v) is 3.39. The molecule has 0 spiro atoms. The third-order valence-electron chi connectivity index (χ3n) is 1.20. The van der Waals surface area contributed by atoms with Crippen molar-refractivity contribution in [1.82, 2.24) is 0 Å². The molecule has 0 amide bonds. The largest absolute Gasteiger partial charge is 0.475 e. The maximum absolute atomic E-state index is 5.34. The third kappa shape index (κ3) is 2.37. The minimum atomic E-state index is 0.785. The van der Waals surface area contributed by atoms with Crippen LogP contribution in [0.5, 0.6) is 0 Å². The van der Waals surface area contributed by atoms with Gasteiger partial charge in [0.2, 0.25) is 0 Å². The van der Waals surface area contributed by atoms with E-state index in [0.717, 1.165) is 33.9 Å². The van der Waals surface area contributed by atoms with Crippen molar-refractivity contribution in [3.8, 4) is 0 Å². The Morgan fingerprint density at radius 1 is 1.60 bits per heavy atom. The summed E-state index contributed by atoms with van der Waals surface area (Å²) in [5.41, 5.74) is 5.34. The second kappa shape index (κ2) is 4.30. The van der Waals surface area contributed by atoms with E-state index >= 15 is 0 Å². The first-order chi connectivity index (χ1) is 4.93. The lowest BCUT2D eigenvalue weighted by molar-refractivity contribution is 0.600. The summed E-state index contributed by atoms with van der Waals surface area (Å²) in [5, 5.41) is 1.09. The molecule has 54 valence electrons. The van der Waals surface area contributed by atoms with E-state index in [1.54, 1.807) is 6.26 Å². The lowest BCUT2D eigenvalue weighted by atomic mass is 10.5. The van der Waals surface area contributed by atoms with Crippen LogP contribution < -0.4 is 11.1 Å². The van der Waals surface area contributed by atoms with Gasteiger partial charge in [0.05, 0.1) is 11.6 Å². The molecule has 10 heavy (non-hydrogen) atoms. The van der Waals surface area contributed by atoms with E-state index in [0.29, 0.717) is 0 Å². The van der Waals surface area contributed by atoms with Gasteiger partial charge >= 0.3 is 0 Å². The molecule has 0 bridgehead atoms. The van der Waals surface area contributed by atoms with Gasteiger partial charge in [-0.3, -0.25) is 0 Å². The molecule has 0 aromatic carbocycles. The van der Waals surface area contributed by atoms with Gasteiger partial charge in [-0.1, -0.05) is 6.04 Å². The number of nitrogens with two attached hydrogens (primary N) is 1. The van der Waals surface area contributed by atoms with Crippen LogP contribution in [0.4, 0.5) is 0 Å². The predicted octanol–water partition coefficient (Wildman–Crippen LogP) is 0.376. The van der Waals surface area contributed by atoms with Gasteiger partial charge in [-0.15, -0.1) is 0 Å². The predicted molar refractivity (Wildman–Crippen MR) is 42.6 cm³/mol. The van der Waals surface area contributed by atoms with Gasteiger partial charge in [0.25, 0.3) is 0 Å². The number of hydrogen-bond donors (Lipinski definition) is 1. The van der Waals surface area contributed by atoms with Crippen molar-refractivity contribution >= 4 is 14.9 Å². The Hall–Kier alpha value is -0.543. The van der Waals surface area contributed by atoms with E-state index < -0.39 is 0 Å². The smallest absolute Gasteiger partial charge is 0.132 e. The van der Waals surface area contributed by atoms with Gasteiger partial charge in [-0.05, 0) is 25.1 Å². The Morgan fingerprint density at radius 3 is 3.10 bits per heavy atom. The lowest BCUT2D eigenvalue weighted by Gasteiger charge is -1.91. The van der Waals surface area contributed by atoms with E-state index in [2.05, 4.69) is 0 Å². The van der Waals surface area contributed by atoms with Crippen LogP contribution in [0.1, 0.15) is 6.42 Å². The van der Waals surface area contributed by atoms with E-state index in [4.69, 9.17) is 10.2 Å². The summed E-state index contributed by atoms with van der Waals surface area (Å²) < 4.78 is 5.15. The highest BCUT2D eigenvalue weighted by Gasteiger charge is 1.94. The summed E-state index contributed by atoms with van der Waals surface area (Å²) in [4.78, 5) is 0. The molecule has 0 saturated heterocycles. The first-order valence-electron chi connectivity index (χ1n) is 3.41. The molecule has 1 aromatic rings. The fraction of sp³-hybridized carbons (Fsp3) is 0.429. The van der Waals surface area contributed by atoms with Crippen LogP contribution in [0.2, 0.25) is 6.04 Å². The zero-order chi connectivity index (χ0) is 7.23. The van der Waals surface area contributed by atoms with Crippen LogP contribution in [0.15, 0.2) is 22.8 Å². The Bertz CT molecular complexity index is 162. The summed E-state index contributed by atoms with van der Waals surface area (Å²) in [6.45, 7) is 0.785. The van der Waals surface area contributed by atoms with Gasteiger partial charge < -0.3 is 10.2 Å². The zero-order valence-corrected chi connectivity index (χ0v) is 6.84. The first kappa shape index (κ1) is 7.56. The molecule has 0 unspecified atom stereocenters. The molecule has 1 aromatic heterocycles. The molecule has 0 atom stereocenters. The zero-order valence-electron chi connectivity index (χ0n) is 5.84. The van der Waals surface area contributed by atoms with Crippen molar-refractivity contribution in [2.45, 2.75) is 12.5 Å². The van der Waals surface area contributed by atoms with Crippen LogP contribution in [0.3, 0.4) is 0 Å². The van der Waals surface area contributed by atoms with Crippen LogP contribution in [0, 0.1) is 0 Å². The number of hydrogen-bond acceptors (Lipinski definition) is 2. The van der Waals surface area contributed by atoms with Crippen LogP contribution in [0.25, 0.3) is 0 Å². The lowest BCUT2D eigenvalue weighted by Crippen LogP contribution is -2.11. The van der Waals surface area contributed by atoms with Crippen molar-refractivity contribution in [2.75, 3.05) is 6.54 Å². The number of rotatable bonds is 4. The molecule has 0 aliphatic rings. The maximum Gasteiger partial charge on any atom is 0.132 e. The van der Waals surface area contributed by atoms with Gasteiger partial charge in [0.1, 0.15) is 9.52 Å². The fourth-order valence-electron chi connectivity index (χ4n) is 0.693. The SMILES string of the molecule is NCCC[Si]c1ccco1. The maximum atomic E-state index is 5.34. The summed E-state index contributed by atoms with van der Waals surface area (Å²) >= 11 is 0. The van der Waals surface area contributed by atoms with E-state index in [9.17, 15) is 0 Å². The van der Waals surface area contributed by atoms with Crippen molar-refractivity contribution in [1.29, 1.82) is 0 Å². The van der Waals surface area contributed by atoms with E-state index in [1.165, 1.54) is 0 Å². The Labute approximate surface area is 63.2 Å². The first-order valence-corrected chi connectivity index (χ1v) is 4.61. The van der Waals surface area contributed by atoms with Gasteiger partial charge in [-0.25, -0.2) is 0 Å². The summed E-state index contributed by atoms with van der Waals surface area (Å²) in [7, 11) is 0.789. The topological polar surface area (TPSA) is 39.2 Å². The molecular formula is C7H11NOSi. The quantitative estimate of drug-likeness (QED) is 0.501. The van der Waals surface area contributed by atoms with Gasteiger partial charge in [0.15, 0.2) is 0 Å². The Morgan fingerprint density at radius 2 is 2.50 bits per heavy atom. The molecule has 0 saturated carbocycles. The van der Waals surface area contributed by atoms with E-state index in [1.807, 2.05) is 12.1 Å². The Kier molecular flexibility index (Phi) is 3.25. The van der Waals surface area contributed by atoms with Crippen molar-refractivity contribution in [2.24, 2.45) is 5.73 Å². The van der Waals surface area contributed by atoms with Crippen LogP contribution in [-0.4, -0.2) is 16.1 Å². The van der Waals surface area contributed by atoms with Crippen molar-refractivity contribution < 1.29 is 4.42 Å². The highest BCUT2D eigenvalue weighted by Crippen LogP contribution is 1.87. The van der Waals surface area contributed by atoms with Gasteiger partial charge in [0, 0.05) is 0 Å². The highest BCUT2D eigenvalue weighted by molar-refractivity contribution is 6.51. The minimum absolute atomic E-state index is 0.785. The molecule has 2 N–H and O–H groups in total. The normalized spacial score (nSPS) is 10.1. The molecule has 1 heterocycles. The molecule has 2 radical (unpaired) electrons. The Balaban J connectivity index is 2.15. The van der Waals surface area contributed by atoms with Crippen LogP contribution in [-0.2, 0) is 0 Å². The molecule has 0 aliphatic carbocycles. The highest BCUT2D eigenvalue weighted by atomic mass is 28.2. The molecule has 3 heteroatoms. The number of furan rings is 1. The minimum Gasteiger partial charge on any atom is -0.475 e. The summed E-state index contributed by atoms with van der Waals surface area (Å²) in [5.74, 6) is 0. The van der Waals surface area contributed by atoms with E-state index in [-0.39, 0.29) is 0 Å². The monoisotopic (exact) mass is 153 g/mol. The molecular weight excluding hydrogens is 142 g/mol.